The summed E-state index contributed by atoms with van der Waals surface area (Å²) in [6, 6.07) is 1.41. The molecule has 0 aromatic heterocycles. The Labute approximate surface area is 147 Å². The average molecular weight is 346 g/mol. The molecule has 120 valence electrons. The van der Waals surface area contributed by atoms with Gasteiger partial charge in [0.25, 0.3) is 0 Å². The predicted molar refractivity (Wildman–Crippen MR) is 82.7 cm³/mol. The summed E-state index contributed by atoms with van der Waals surface area (Å²) in [5, 5.41) is 24.8. The summed E-state index contributed by atoms with van der Waals surface area (Å²) in [7, 11) is 1.33. The fourth-order valence-corrected chi connectivity index (χ4v) is 4.20. The van der Waals surface area contributed by atoms with Crippen molar-refractivity contribution in [1.82, 2.24) is 0 Å². The third-order valence-corrected chi connectivity index (χ3v) is 4.88. The van der Waals surface area contributed by atoms with Crippen LogP contribution in [0.5, 0.6) is 0 Å². The molecule has 0 N–H and O–H groups in total. The van der Waals surface area contributed by atoms with E-state index >= 15 is 0 Å². The van der Waals surface area contributed by atoms with Crippen LogP contribution in [0, 0.1) is 12.0 Å². The van der Waals surface area contributed by atoms with Crippen molar-refractivity contribution >= 4 is 8.07 Å². The molecule has 0 aliphatic heterocycles. The van der Waals surface area contributed by atoms with Crippen LogP contribution >= 0.6 is 0 Å². The molecule has 2 aliphatic carbocycles. The van der Waals surface area contributed by atoms with Crippen molar-refractivity contribution in [3.8, 4) is 0 Å². The number of hydrogen-bond donors (Lipinski definition) is 0. The Balaban J connectivity index is -0.000000414. The Morgan fingerprint density at radius 2 is 1.48 bits per heavy atom. The SMILES string of the molecule is C[O-].C[O-].C[O-].C[Si](C)(C)CC1[C-]=CC2=C1CCCC2.[Ti+4]. The molecule has 0 aromatic rings. The zero-order valence-electron chi connectivity index (χ0n) is 14.4. The van der Waals surface area contributed by atoms with Gasteiger partial charge in [0.05, 0.1) is 0 Å². The third kappa shape index (κ3) is 10.6. The average Bonchev–Trinajstić information content (AvgIpc) is 2.87. The molecule has 1 atom stereocenters. The largest absolute Gasteiger partial charge is 4.00 e. The smallest absolute Gasteiger partial charge is 0.857 e. The maximum Gasteiger partial charge on any atom is 4.00 e. The minimum absolute atomic E-state index is 0. The molecule has 0 bridgehead atoms. The summed E-state index contributed by atoms with van der Waals surface area (Å²) in [6.45, 7) is 7.40. The molecule has 0 radical (unpaired) electrons. The standard InChI is InChI=1S/C13H21Si.3CH3O.Ti/c1-14(2,3)10-12-9-8-11-6-4-5-7-13(11)12;3*1-2;/h8,12H,4-7,10H2,1-3H3;3*1H3;/q4*-1;+4. The van der Waals surface area contributed by atoms with Crippen LogP contribution in [0.1, 0.15) is 25.7 Å². The van der Waals surface area contributed by atoms with Crippen molar-refractivity contribution in [3.05, 3.63) is 23.3 Å². The summed E-state index contributed by atoms with van der Waals surface area (Å²) in [4.78, 5) is 0. The first-order valence-electron chi connectivity index (χ1n) is 7.10. The molecule has 0 fully saturated rings. The molecule has 2 aliphatic rings. The van der Waals surface area contributed by atoms with Crippen LogP contribution in [0.4, 0.5) is 0 Å². The van der Waals surface area contributed by atoms with E-state index in [1.807, 2.05) is 0 Å². The Hall–Kier alpha value is 0.291. The summed E-state index contributed by atoms with van der Waals surface area (Å²) in [5.74, 6) is 0.706. The molecule has 1 unspecified atom stereocenters. The number of allylic oxidation sites excluding steroid dienone is 4. The van der Waals surface area contributed by atoms with Crippen LogP contribution in [0.25, 0.3) is 0 Å². The molecule has 0 saturated heterocycles. The first-order valence-corrected chi connectivity index (χ1v) is 10.8. The number of hydrogen-bond acceptors (Lipinski definition) is 3. The topological polar surface area (TPSA) is 69.2 Å². The second kappa shape index (κ2) is 15.2. The molecule has 21 heavy (non-hydrogen) atoms. The minimum Gasteiger partial charge on any atom is -0.857 e. The van der Waals surface area contributed by atoms with E-state index < -0.39 is 8.07 Å². The van der Waals surface area contributed by atoms with Crippen molar-refractivity contribution in [1.29, 1.82) is 0 Å². The monoisotopic (exact) mass is 346 g/mol. The van der Waals surface area contributed by atoms with Crippen LogP contribution in [0.3, 0.4) is 0 Å². The van der Waals surface area contributed by atoms with Crippen molar-refractivity contribution in [2.24, 2.45) is 5.92 Å². The zero-order chi connectivity index (χ0) is 16.2. The van der Waals surface area contributed by atoms with E-state index in [9.17, 15) is 0 Å². The second-order valence-corrected chi connectivity index (χ2v) is 11.4. The van der Waals surface area contributed by atoms with Crippen LogP contribution in [-0.2, 0) is 21.7 Å². The zero-order valence-corrected chi connectivity index (χ0v) is 17.0. The fourth-order valence-electron chi connectivity index (χ4n) is 2.61. The van der Waals surface area contributed by atoms with Gasteiger partial charge in [-0.1, -0.05) is 50.9 Å². The second-order valence-electron chi connectivity index (χ2n) is 5.89. The molecular formula is C16H30O3SiTi. The molecule has 0 heterocycles. The van der Waals surface area contributed by atoms with Gasteiger partial charge in [0, 0.05) is 8.07 Å². The molecule has 0 saturated carbocycles. The van der Waals surface area contributed by atoms with Gasteiger partial charge in [-0.2, -0.15) is 32.5 Å². The van der Waals surface area contributed by atoms with Gasteiger partial charge in [0.1, 0.15) is 0 Å². The molecule has 0 amide bonds. The van der Waals surface area contributed by atoms with Crippen molar-refractivity contribution in [2.75, 3.05) is 21.3 Å². The van der Waals surface area contributed by atoms with Gasteiger partial charge in [0.2, 0.25) is 0 Å². The Morgan fingerprint density at radius 1 is 1.00 bits per heavy atom. The molecular weight excluding hydrogens is 316 g/mol. The maximum absolute atomic E-state index is 8.25. The van der Waals surface area contributed by atoms with E-state index in [-0.39, 0.29) is 21.7 Å². The molecule has 0 spiro atoms. The quantitative estimate of drug-likeness (QED) is 0.556. The van der Waals surface area contributed by atoms with E-state index in [0.29, 0.717) is 5.92 Å². The molecule has 2 rings (SSSR count). The Bertz CT molecular complexity index is 296. The van der Waals surface area contributed by atoms with Gasteiger partial charge in [-0.3, -0.25) is 6.08 Å². The van der Waals surface area contributed by atoms with E-state index in [2.05, 4.69) is 31.8 Å². The summed E-state index contributed by atoms with van der Waals surface area (Å²) in [6.07, 6.45) is 11.4. The van der Waals surface area contributed by atoms with E-state index in [1.165, 1.54) is 31.7 Å². The predicted octanol–water partition coefficient (Wildman–Crippen LogP) is 1.11. The van der Waals surface area contributed by atoms with Crippen molar-refractivity contribution in [2.45, 2.75) is 51.4 Å². The van der Waals surface area contributed by atoms with Crippen molar-refractivity contribution in [3.63, 3.8) is 0 Å². The van der Waals surface area contributed by atoms with Crippen molar-refractivity contribution < 1.29 is 37.0 Å². The van der Waals surface area contributed by atoms with E-state index in [0.717, 1.165) is 21.3 Å². The third-order valence-electron chi connectivity index (χ3n) is 3.25. The Morgan fingerprint density at radius 3 is 1.95 bits per heavy atom. The van der Waals surface area contributed by atoms with Crippen LogP contribution in [0.2, 0.25) is 25.7 Å². The molecule has 0 aromatic carbocycles. The van der Waals surface area contributed by atoms with E-state index in [4.69, 9.17) is 15.3 Å². The molecule has 5 heteroatoms. The van der Waals surface area contributed by atoms with Gasteiger partial charge < -0.3 is 15.3 Å². The van der Waals surface area contributed by atoms with Gasteiger partial charge in [-0.15, -0.1) is 0 Å². The van der Waals surface area contributed by atoms with Crippen LogP contribution in [0.15, 0.2) is 17.2 Å². The molecule has 3 nitrogen and oxygen atoms in total. The normalized spacial score (nSPS) is 18.8. The summed E-state index contributed by atoms with van der Waals surface area (Å²) in [5.41, 5.74) is 3.39. The van der Waals surface area contributed by atoms with Crippen LogP contribution in [-0.4, -0.2) is 29.4 Å². The van der Waals surface area contributed by atoms with Gasteiger partial charge in [-0.25, -0.2) is 6.08 Å². The van der Waals surface area contributed by atoms with Gasteiger partial charge in [0.15, 0.2) is 0 Å². The Kier molecular flexibility index (Phi) is 19.0. The van der Waals surface area contributed by atoms with Crippen LogP contribution < -0.4 is 15.3 Å². The maximum atomic E-state index is 8.25. The van der Waals surface area contributed by atoms with Gasteiger partial charge >= 0.3 is 21.7 Å². The minimum atomic E-state index is -0.915. The fraction of sp³-hybridized carbons (Fsp3) is 0.750. The van der Waals surface area contributed by atoms with Gasteiger partial charge in [-0.05, 0) is 6.42 Å². The first kappa shape index (κ1) is 26.2. The summed E-state index contributed by atoms with van der Waals surface area (Å²) < 4.78 is 0. The number of rotatable bonds is 2. The summed E-state index contributed by atoms with van der Waals surface area (Å²) >= 11 is 0. The first-order chi connectivity index (χ1) is 9.56. The van der Waals surface area contributed by atoms with E-state index in [1.54, 1.807) is 11.1 Å².